The largest absolute Gasteiger partial charge is 0.393 e. The molecule has 0 saturated heterocycles. The first-order chi connectivity index (χ1) is 6.93. The van der Waals surface area contributed by atoms with Crippen molar-refractivity contribution < 1.29 is 13.2 Å². The highest BCUT2D eigenvalue weighted by molar-refractivity contribution is 5.08. The van der Waals surface area contributed by atoms with Crippen LogP contribution in [0.2, 0.25) is 0 Å². The third-order valence-corrected chi connectivity index (χ3v) is 3.92. The molecule has 2 fully saturated rings. The number of hydrogen-bond donors (Lipinski definition) is 1. The van der Waals surface area contributed by atoms with Crippen molar-refractivity contribution in [2.75, 3.05) is 0 Å². The quantitative estimate of drug-likeness (QED) is 0.761. The van der Waals surface area contributed by atoms with Crippen LogP contribution in [-0.4, -0.2) is 11.7 Å². The Labute approximate surface area is 88.2 Å². The number of halogens is 3. The Kier molecular flexibility index (Phi) is 2.73. The lowest BCUT2D eigenvalue weighted by molar-refractivity contribution is -0.200. The highest BCUT2D eigenvalue weighted by atomic mass is 19.4. The standard InChI is InChI=1S/C11H18F3N/c12-11(13,14)9(10(15)6-7-10)8-4-2-1-3-5-8/h8-9H,1-7,15H2. The molecule has 2 rings (SSSR count). The van der Waals surface area contributed by atoms with Crippen molar-refractivity contribution in [3.63, 3.8) is 0 Å². The predicted molar refractivity (Wildman–Crippen MR) is 52.3 cm³/mol. The molecule has 0 aromatic heterocycles. The van der Waals surface area contributed by atoms with Crippen molar-refractivity contribution in [2.24, 2.45) is 17.6 Å². The van der Waals surface area contributed by atoms with Crippen LogP contribution in [-0.2, 0) is 0 Å². The summed E-state index contributed by atoms with van der Waals surface area (Å²) in [6.45, 7) is 0. The lowest BCUT2D eigenvalue weighted by Crippen LogP contribution is -2.47. The zero-order valence-electron chi connectivity index (χ0n) is 8.82. The van der Waals surface area contributed by atoms with Crippen LogP contribution in [0.15, 0.2) is 0 Å². The van der Waals surface area contributed by atoms with Gasteiger partial charge in [-0.15, -0.1) is 0 Å². The van der Waals surface area contributed by atoms with E-state index in [0.29, 0.717) is 25.7 Å². The van der Waals surface area contributed by atoms with Crippen molar-refractivity contribution in [1.29, 1.82) is 0 Å². The molecule has 0 bridgehead atoms. The van der Waals surface area contributed by atoms with E-state index in [9.17, 15) is 13.2 Å². The van der Waals surface area contributed by atoms with Crippen molar-refractivity contribution in [3.05, 3.63) is 0 Å². The van der Waals surface area contributed by atoms with Crippen LogP contribution in [0.25, 0.3) is 0 Å². The summed E-state index contributed by atoms with van der Waals surface area (Å²) >= 11 is 0. The third kappa shape index (κ3) is 2.30. The van der Waals surface area contributed by atoms with Gasteiger partial charge in [0.15, 0.2) is 0 Å². The fourth-order valence-electron chi connectivity index (χ4n) is 2.99. The number of hydrogen-bond acceptors (Lipinski definition) is 1. The van der Waals surface area contributed by atoms with Gasteiger partial charge >= 0.3 is 6.18 Å². The van der Waals surface area contributed by atoms with E-state index in [1.165, 1.54) is 0 Å². The van der Waals surface area contributed by atoms with Gasteiger partial charge in [0.1, 0.15) is 0 Å². The van der Waals surface area contributed by atoms with Crippen LogP contribution >= 0.6 is 0 Å². The van der Waals surface area contributed by atoms with Crippen LogP contribution in [0.4, 0.5) is 13.2 Å². The van der Waals surface area contributed by atoms with Gasteiger partial charge in [-0.05, 0) is 31.6 Å². The Morgan fingerprint density at radius 3 is 2.00 bits per heavy atom. The van der Waals surface area contributed by atoms with Crippen LogP contribution in [0.3, 0.4) is 0 Å². The molecule has 0 aromatic carbocycles. The Hall–Kier alpha value is -0.250. The molecule has 2 N–H and O–H groups in total. The summed E-state index contributed by atoms with van der Waals surface area (Å²) in [6.07, 6.45) is 1.38. The Balaban J connectivity index is 2.11. The van der Waals surface area contributed by atoms with E-state index in [2.05, 4.69) is 0 Å². The van der Waals surface area contributed by atoms with E-state index in [0.717, 1.165) is 19.3 Å². The van der Waals surface area contributed by atoms with E-state index in [1.54, 1.807) is 0 Å². The second kappa shape index (κ2) is 3.65. The summed E-state index contributed by atoms with van der Waals surface area (Å²) < 4.78 is 38.9. The van der Waals surface area contributed by atoms with E-state index in [-0.39, 0.29) is 5.92 Å². The average molecular weight is 221 g/mol. The van der Waals surface area contributed by atoms with Crippen LogP contribution in [0, 0.1) is 11.8 Å². The highest BCUT2D eigenvalue weighted by Gasteiger charge is 2.60. The molecule has 1 nitrogen and oxygen atoms in total. The first kappa shape index (κ1) is 11.2. The molecular formula is C11H18F3N. The topological polar surface area (TPSA) is 26.0 Å². The van der Waals surface area contributed by atoms with Crippen LogP contribution in [0.1, 0.15) is 44.9 Å². The summed E-state index contributed by atoms with van der Waals surface area (Å²) in [5.41, 5.74) is 4.87. The minimum atomic E-state index is -4.10. The van der Waals surface area contributed by atoms with Gasteiger partial charge in [0.2, 0.25) is 0 Å². The van der Waals surface area contributed by atoms with Gasteiger partial charge in [-0.3, -0.25) is 0 Å². The predicted octanol–water partition coefficient (Wildman–Crippen LogP) is 3.24. The Morgan fingerprint density at radius 2 is 1.60 bits per heavy atom. The third-order valence-electron chi connectivity index (χ3n) is 3.92. The summed E-state index contributed by atoms with van der Waals surface area (Å²) in [7, 11) is 0. The van der Waals surface area contributed by atoms with Crippen molar-refractivity contribution in [1.82, 2.24) is 0 Å². The molecule has 0 spiro atoms. The first-order valence-electron chi connectivity index (χ1n) is 5.79. The van der Waals surface area contributed by atoms with Gasteiger partial charge in [-0.2, -0.15) is 13.2 Å². The van der Waals surface area contributed by atoms with Gasteiger partial charge in [-0.1, -0.05) is 19.3 Å². The molecule has 0 radical (unpaired) electrons. The molecule has 88 valence electrons. The number of rotatable bonds is 2. The molecular weight excluding hydrogens is 203 g/mol. The zero-order valence-corrected chi connectivity index (χ0v) is 8.82. The van der Waals surface area contributed by atoms with Crippen molar-refractivity contribution in [3.8, 4) is 0 Å². The monoisotopic (exact) mass is 221 g/mol. The molecule has 1 atom stereocenters. The minimum Gasteiger partial charge on any atom is -0.325 e. The normalized spacial score (nSPS) is 28.8. The molecule has 2 aliphatic carbocycles. The summed E-state index contributed by atoms with van der Waals surface area (Å²) in [4.78, 5) is 0. The number of alkyl halides is 3. The lowest BCUT2D eigenvalue weighted by Gasteiger charge is -2.35. The maximum atomic E-state index is 13.0. The maximum Gasteiger partial charge on any atom is 0.393 e. The Bertz CT molecular complexity index is 221. The smallest absolute Gasteiger partial charge is 0.325 e. The van der Waals surface area contributed by atoms with E-state index in [1.807, 2.05) is 0 Å². The van der Waals surface area contributed by atoms with Crippen LogP contribution < -0.4 is 5.73 Å². The lowest BCUT2D eigenvalue weighted by atomic mass is 9.75. The molecule has 2 aliphatic rings. The maximum absolute atomic E-state index is 13.0. The minimum absolute atomic E-state index is 0.216. The van der Waals surface area contributed by atoms with Crippen molar-refractivity contribution >= 4 is 0 Å². The molecule has 0 aromatic rings. The number of nitrogens with two attached hydrogens (primary N) is 1. The van der Waals surface area contributed by atoms with Gasteiger partial charge in [0.05, 0.1) is 5.92 Å². The molecule has 4 heteroatoms. The van der Waals surface area contributed by atoms with Gasteiger partial charge in [0, 0.05) is 5.54 Å². The van der Waals surface area contributed by atoms with Gasteiger partial charge in [-0.25, -0.2) is 0 Å². The van der Waals surface area contributed by atoms with E-state index < -0.39 is 17.6 Å². The summed E-state index contributed by atoms with van der Waals surface area (Å²) in [6, 6.07) is 0. The molecule has 2 saturated carbocycles. The van der Waals surface area contributed by atoms with Gasteiger partial charge in [0.25, 0.3) is 0 Å². The molecule has 0 aliphatic heterocycles. The highest BCUT2D eigenvalue weighted by Crippen LogP contribution is 2.53. The zero-order chi connectivity index (χ0) is 11.1. The van der Waals surface area contributed by atoms with E-state index >= 15 is 0 Å². The van der Waals surface area contributed by atoms with Crippen LogP contribution in [0.5, 0.6) is 0 Å². The van der Waals surface area contributed by atoms with E-state index in [4.69, 9.17) is 5.73 Å². The molecule has 0 heterocycles. The summed E-state index contributed by atoms with van der Waals surface area (Å²) in [5.74, 6) is -1.46. The second-order valence-corrected chi connectivity index (χ2v) is 5.15. The molecule has 0 amide bonds. The SMILES string of the molecule is NC1(C(C2CCCCC2)C(F)(F)F)CC1. The fraction of sp³-hybridized carbons (Fsp3) is 1.00. The summed E-state index contributed by atoms with van der Waals surface area (Å²) in [5, 5.41) is 0. The van der Waals surface area contributed by atoms with Gasteiger partial charge < -0.3 is 5.73 Å². The fourth-order valence-corrected chi connectivity index (χ4v) is 2.99. The average Bonchev–Trinajstić information content (AvgIpc) is 2.83. The Morgan fingerprint density at radius 1 is 1.07 bits per heavy atom. The molecule has 15 heavy (non-hydrogen) atoms. The first-order valence-corrected chi connectivity index (χ1v) is 5.79. The molecule has 1 unspecified atom stereocenters. The van der Waals surface area contributed by atoms with Crippen molar-refractivity contribution in [2.45, 2.75) is 56.7 Å². The second-order valence-electron chi connectivity index (χ2n) is 5.15.